The summed E-state index contributed by atoms with van der Waals surface area (Å²) in [5.74, 6) is -0.00382. The molecule has 156 valence electrons. The smallest absolute Gasteiger partial charge is 0.282 e. The molecular formula is C26H24N2O3. The van der Waals surface area contributed by atoms with Gasteiger partial charge < -0.3 is 10.1 Å². The standard InChI is InChI=1S/C26H24N2O3/c1-4-31-21-14-12-19(13-15-21)23-24(27-20-10-7-8-17(2)16-20)26(30)28(25(23)29)22-11-6-5-9-18(22)3/h5-16,27H,4H2,1-3H3. The van der Waals surface area contributed by atoms with E-state index >= 15 is 0 Å². The van der Waals surface area contributed by atoms with Crippen LogP contribution in [0, 0.1) is 13.8 Å². The fraction of sp³-hybridized carbons (Fsp3) is 0.154. The number of carbonyl (C=O) groups excluding carboxylic acids is 2. The third kappa shape index (κ3) is 3.94. The second-order valence-corrected chi connectivity index (χ2v) is 7.43. The van der Waals surface area contributed by atoms with Crippen molar-refractivity contribution in [3.63, 3.8) is 0 Å². The normalized spacial score (nSPS) is 13.7. The van der Waals surface area contributed by atoms with Gasteiger partial charge in [-0.15, -0.1) is 0 Å². The van der Waals surface area contributed by atoms with E-state index in [2.05, 4.69) is 5.32 Å². The SMILES string of the molecule is CCOc1ccc(C2=C(Nc3cccc(C)c3)C(=O)N(c3ccccc3C)C2=O)cc1. The molecule has 3 aromatic carbocycles. The van der Waals surface area contributed by atoms with Gasteiger partial charge in [0.1, 0.15) is 11.4 Å². The van der Waals surface area contributed by atoms with E-state index in [1.807, 2.05) is 87.5 Å². The van der Waals surface area contributed by atoms with E-state index < -0.39 is 0 Å². The van der Waals surface area contributed by atoms with Gasteiger partial charge in [0.25, 0.3) is 11.8 Å². The van der Waals surface area contributed by atoms with Crippen molar-refractivity contribution in [2.75, 3.05) is 16.8 Å². The molecule has 0 saturated heterocycles. The Hall–Kier alpha value is -3.86. The number of ether oxygens (including phenoxy) is 1. The summed E-state index contributed by atoms with van der Waals surface area (Å²) in [4.78, 5) is 28.2. The Balaban J connectivity index is 1.81. The van der Waals surface area contributed by atoms with Crippen LogP contribution in [-0.2, 0) is 9.59 Å². The van der Waals surface area contributed by atoms with Crippen LogP contribution in [0.1, 0.15) is 23.6 Å². The molecule has 0 unspecified atom stereocenters. The van der Waals surface area contributed by atoms with Crippen LogP contribution >= 0.6 is 0 Å². The number of nitrogens with zero attached hydrogens (tertiary/aromatic N) is 1. The number of benzene rings is 3. The van der Waals surface area contributed by atoms with E-state index in [0.29, 0.717) is 29.2 Å². The lowest BCUT2D eigenvalue weighted by molar-refractivity contribution is -0.120. The summed E-state index contributed by atoms with van der Waals surface area (Å²) in [6.45, 7) is 6.34. The molecule has 5 nitrogen and oxygen atoms in total. The van der Waals surface area contributed by atoms with Crippen LogP contribution in [0.5, 0.6) is 5.75 Å². The van der Waals surface area contributed by atoms with Crippen LogP contribution in [0.25, 0.3) is 5.57 Å². The molecule has 1 N–H and O–H groups in total. The van der Waals surface area contributed by atoms with Crippen molar-refractivity contribution in [2.45, 2.75) is 20.8 Å². The predicted octanol–water partition coefficient (Wildman–Crippen LogP) is 5.10. The summed E-state index contributed by atoms with van der Waals surface area (Å²) in [6.07, 6.45) is 0. The highest BCUT2D eigenvalue weighted by Crippen LogP contribution is 2.35. The van der Waals surface area contributed by atoms with Crippen molar-refractivity contribution >= 4 is 28.8 Å². The zero-order valence-electron chi connectivity index (χ0n) is 17.8. The summed E-state index contributed by atoms with van der Waals surface area (Å²) >= 11 is 0. The molecule has 2 amide bonds. The zero-order chi connectivity index (χ0) is 22.0. The topological polar surface area (TPSA) is 58.6 Å². The Morgan fingerprint density at radius 1 is 0.871 bits per heavy atom. The van der Waals surface area contributed by atoms with Gasteiger partial charge in [0.15, 0.2) is 0 Å². The van der Waals surface area contributed by atoms with Gasteiger partial charge in [-0.2, -0.15) is 0 Å². The second-order valence-electron chi connectivity index (χ2n) is 7.43. The van der Waals surface area contributed by atoms with E-state index in [1.165, 1.54) is 4.90 Å². The predicted molar refractivity (Wildman–Crippen MR) is 123 cm³/mol. The average molecular weight is 412 g/mol. The summed E-state index contributed by atoms with van der Waals surface area (Å²) < 4.78 is 5.52. The van der Waals surface area contributed by atoms with E-state index in [9.17, 15) is 9.59 Å². The number of aryl methyl sites for hydroxylation is 2. The Labute approximate surface area is 182 Å². The van der Waals surface area contributed by atoms with Crippen LogP contribution in [0.3, 0.4) is 0 Å². The second kappa shape index (κ2) is 8.48. The Bertz CT molecular complexity index is 1180. The van der Waals surface area contributed by atoms with Gasteiger partial charge >= 0.3 is 0 Å². The number of anilines is 2. The van der Waals surface area contributed by atoms with Crippen molar-refractivity contribution in [1.82, 2.24) is 0 Å². The molecule has 0 bridgehead atoms. The highest BCUT2D eigenvalue weighted by atomic mass is 16.5. The maximum atomic E-state index is 13.5. The van der Waals surface area contributed by atoms with Crippen molar-refractivity contribution < 1.29 is 14.3 Å². The zero-order valence-corrected chi connectivity index (χ0v) is 17.8. The minimum atomic E-state index is -0.371. The summed E-state index contributed by atoms with van der Waals surface area (Å²) in [5.41, 5.74) is 4.52. The lowest BCUT2D eigenvalue weighted by Gasteiger charge is -2.17. The van der Waals surface area contributed by atoms with Gasteiger partial charge in [-0.3, -0.25) is 9.59 Å². The number of rotatable bonds is 6. The first-order chi connectivity index (χ1) is 15.0. The van der Waals surface area contributed by atoms with Gasteiger partial charge in [-0.25, -0.2) is 4.90 Å². The maximum Gasteiger partial charge on any atom is 0.282 e. The molecule has 0 atom stereocenters. The number of hydrogen-bond acceptors (Lipinski definition) is 4. The van der Waals surface area contributed by atoms with Crippen LogP contribution in [0.15, 0.2) is 78.5 Å². The van der Waals surface area contributed by atoms with Crippen molar-refractivity contribution in [1.29, 1.82) is 0 Å². The van der Waals surface area contributed by atoms with Crippen molar-refractivity contribution in [3.8, 4) is 5.75 Å². The quantitative estimate of drug-likeness (QED) is 0.573. The Kier molecular flexibility index (Phi) is 5.58. The van der Waals surface area contributed by atoms with Gasteiger partial charge in [0.2, 0.25) is 0 Å². The molecule has 0 saturated carbocycles. The number of hydrogen-bond donors (Lipinski definition) is 1. The van der Waals surface area contributed by atoms with E-state index in [4.69, 9.17) is 4.74 Å². The third-order valence-corrected chi connectivity index (χ3v) is 5.18. The minimum absolute atomic E-state index is 0.267. The van der Waals surface area contributed by atoms with Gasteiger partial charge in [0.05, 0.1) is 17.9 Å². The van der Waals surface area contributed by atoms with Gasteiger partial charge in [-0.05, 0) is 67.8 Å². The summed E-state index contributed by atoms with van der Waals surface area (Å²) in [5, 5.41) is 3.21. The monoisotopic (exact) mass is 412 g/mol. The number of nitrogens with one attached hydrogen (secondary N) is 1. The molecule has 0 aliphatic carbocycles. The molecular weight excluding hydrogens is 388 g/mol. The molecule has 0 fully saturated rings. The first kappa shape index (κ1) is 20.4. The first-order valence-electron chi connectivity index (χ1n) is 10.2. The van der Waals surface area contributed by atoms with E-state index in [-0.39, 0.29) is 17.5 Å². The number of para-hydroxylation sites is 1. The molecule has 1 heterocycles. The highest BCUT2D eigenvalue weighted by molar-refractivity contribution is 6.46. The summed E-state index contributed by atoms with van der Waals surface area (Å²) in [6, 6.07) is 22.3. The molecule has 1 aliphatic heterocycles. The van der Waals surface area contributed by atoms with Crippen molar-refractivity contribution in [2.24, 2.45) is 0 Å². The molecule has 4 rings (SSSR count). The number of imide groups is 1. The summed E-state index contributed by atoms with van der Waals surface area (Å²) in [7, 11) is 0. The Morgan fingerprint density at radius 2 is 1.61 bits per heavy atom. The van der Waals surface area contributed by atoms with Gasteiger partial charge in [-0.1, -0.05) is 42.5 Å². The molecule has 1 aliphatic rings. The molecule has 0 aromatic heterocycles. The van der Waals surface area contributed by atoms with Crippen LogP contribution in [-0.4, -0.2) is 18.4 Å². The fourth-order valence-electron chi connectivity index (χ4n) is 3.70. The average Bonchev–Trinajstić information content (AvgIpc) is 2.99. The van der Waals surface area contributed by atoms with E-state index in [0.717, 1.165) is 16.8 Å². The van der Waals surface area contributed by atoms with Crippen LogP contribution < -0.4 is 15.0 Å². The van der Waals surface area contributed by atoms with Gasteiger partial charge in [0, 0.05) is 5.69 Å². The minimum Gasteiger partial charge on any atom is -0.494 e. The van der Waals surface area contributed by atoms with Crippen LogP contribution in [0.4, 0.5) is 11.4 Å². The molecule has 3 aromatic rings. The number of carbonyl (C=O) groups is 2. The van der Waals surface area contributed by atoms with Crippen LogP contribution in [0.2, 0.25) is 0 Å². The number of amides is 2. The molecule has 31 heavy (non-hydrogen) atoms. The Morgan fingerprint density at radius 3 is 2.29 bits per heavy atom. The lowest BCUT2D eigenvalue weighted by atomic mass is 10.0. The molecule has 0 radical (unpaired) electrons. The van der Waals surface area contributed by atoms with Crippen molar-refractivity contribution in [3.05, 3.63) is 95.2 Å². The largest absolute Gasteiger partial charge is 0.494 e. The molecule has 5 heteroatoms. The highest BCUT2D eigenvalue weighted by Gasteiger charge is 2.40. The fourth-order valence-corrected chi connectivity index (χ4v) is 3.70. The third-order valence-electron chi connectivity index (χ3n) is 5.18. The lowest BCUT2D eigenvalue weighted by Crippen LogP contribution is -2.33. The maximum absolute atomic E-state index is 13.5. The first-order valence-corrected chi connectivity index (χ1v) is 10.2. The van der Waals surface area contributed by atoms with E-state index in [1.54, 1.807) is 6.07 Å². The molecule has 0 spiro atoms.